The van der Waals surface area contributed by atoms with E-state index in [9.17, 15) is 8.78 Å². The fraction of sp³-hybridized carbons (Fsp3) is 0.111. The highest BCUT2D eigenvalue weighted by Crippen LogP contribution is 2.21. The summed E-state index contributed by atoms with van der Waals surface area (Å²) in [6, 6.07) is 2.12. The van der Waals surface area contributed by atoms with Crippen molar-refractivity contribution in [1.29, 1.82) is 0 Å². The molecular formula is C9H7F2N3S2. The van der Waals surface area contributed by atoms with Crippen molar-refractivity contribution in [2.45, 2.75) is 5.16 Å². The molecule has 1 aromatic carbocycles. The van der Waals surface area contributed by atoms with Crippen LogP contribution in [0.1, 0.15) is 0 Å². The number of nitrogens with two attached hydrogens (primary N) is 1. The van der Waals surface area contributed by atoms with Gasteiger partial charge >= 0.3 is 0 Å². The van der Waals surface area contributed by atoms with E-state index in [1.54, 1.807) is 0 Å². The first-order valence-electron chi connectivity index (χ1n) is 4.32. The summed E-state index contributed by atoms with van der Waals surface area (Å²) in [5.74, 6) is -1.38. The number of thioether (sulfide) groups is 1. The standard InChI is InChI=1S/C9H7F2N3S2/c10-4-1-6-7(2-5(4)11)14-9(13-6)16-3-8(12)15/h1-2H,3H2,(H2,12,15)(H,13,14). The lowest BCUT2D eigenvalue weighted by Gasteiger charge is -1.92. The monoisotopic (exact) mass is 259 g/mol. The lowest BCUT2D eigenvalue weighted by Crippen LogP contribution is -2.10. The molecule has 7 heteroatoms. The number of hydrogen-bond acceptors (Lipinski definition) is 3. The summed E-state index contributed by atoms with van der Waals surface area (Å²) in [5.41, 5.74) is 6.16. The molecule has 0 aliphatic carbocycles. The normalized spacial score (nSPS) is 10.9. The molecule has 0 amide bonds. The number of H-pyrrole nitrogens is 1. The molecule has 0 saturated heterocycles. The third kappa shape index (κ3) is 2.30. The maximum Gasteiger partial charge on any atom is 0.166 e. The molecule has 0 unspecified atom stereocenters. The van der Waals surface area contributed by atoms with E-state index in [1.165, 1.54) is 11.8 Å². The lowest BCUT2D eigenvalue weighted by atomic mass is 10.3. The van der Waals surface area contributed by atoms with E-state index in [2.05, 4.69) is 9.97 Å². The third-order valence-electron chi connectivity index (χ3n) is 1.85. The molecular weight excluding hydrogens is 252 g/mol. The smallest absolute Gasteiger partial charge is 0.166 e. The molecule has 0 aliphatic rings. The molecule has 84 valence electrons. The Balaban J connectivity index is 2.33. The number of hydrogen-bond donors (Lipinski definition) is 2. The van der Waals surface area contributed by atoms with Crippen LogP contribution in [0.2, 0.25) is 0 Å². The molecule has 16 heavy (non-hydrogen) atoms. The van der Waals surface area contributed by atoms with E-state index < -0.39 is 11.6 Å². The fourth-order valence-corrected chi connectivity index (χ4v) is 1.99. The van der Waals surface area contributed by atoms with Gasteiger partial charge in [-0.05, 0) is 0 Å². The molecule has 1 heterocycles. The van der Waals surface area contributed by atoms with Crippen LogP contribution in [-0.4, -0.2) is 20.7 Å². The molecule has 2 aromatic rings. The maximum atomic E-state index is 12.9. The Morgan fingerprint density at radius 3 is 2.81 bits per heavy atom. The van der Waals surface area contributed by atoms with Crippen molar-refractivity contribution < 1.29 is 8.78 Å². The van der Waals surface area contributed by atoms with Gasteiger partial charge in [0, 0.05) is 12.1 Å². The van der Waals surface area contributed by atoms with Gasteiger partial charge in [0.2, 0.25) is 0 Å². The van der Waals surface area contributed by atoms with Crippen molar-refractivity contribution >= 4 is 40.0 Å². The second-order valence-corrected chi connectivity index (χ2v) is 4.57. The molecule has 0 radical (unpaired) electrons. The number of fused-ring (bicyclic) bond motifs is 1. The van der Waals surface area contributed by atoms with Crippen LogP contribution in [0.3, 0.4) is 0 Å². The summed E-state index contributed by atoms with van der Waals surface area (Å²) in [6.07, 6.45) is 0. The first-order valence-corrected chi connectivity index (χ1v) is 5.71. The second kappa shape index (κ2) is 4.34. The van der Waals surface area contributed by atoms with Gasteiger partial charge in [-0.15, -0.1) is 0 Å². The first kappa shape index (κ1) is 11.3. The minimum atomic E-state index is -0.912. The van der Waals surface area contributed by atoms with Crippen molar-refractivity contribution in [1.82, 2.24) is 9.97 Å². The van der Waals surface area contributed by atoms with Crippen LogP contribution in [0, 0.1) is 11.6 Å². The number of aromatic amines is 1. The average molecular weight is 259 g/mol. The van der Waals surface area contributed by atoms with Gasteiger partial charge in [0.15, 0.2) is 16.8 Å². The van der Waals surface area contributed by atoms with Crippen molar-refractivity contribution in [3.8, 4) is 0 Å². The number of thiocarbonyl (C=S) groups is 1. The molecule has 0 atom stereocenters. The van der Waals surface area contributed by atoms with Gasteiger partial charge in [-0.25, -0.2) is 13.8 Å². The van der Waals surface area contributed by atoms with Crippen LogP contribution < -0.4 is 5.73 Å². The topological polar surface area (TPSA) is 54.7 Å². The number of imidazole rings is 1. The zero-order valence-corrected chi connectivity index (χ0v) is 9.59. The summed E-state index contributed by atoms with van der Waals surface area (Å²) in [5, 5.41) is 0.535. The van der Waals surface area contributed by atoms with Gasteiger partial charge < -0.3 is 10.7 Å². The number of benzene rings is 1. The Morgan fingerprint density at radius 2 is 2.12 bits per heavy atom. The predicted molar refractivity (Wildman–Crippen MR) is 63.5 cm³/mol. The van der Waals surface area contributed by atoms with Gasteiger partial charge in [0.1, 0.15) is 0 Å². The van der Waals surface area contributed by atoms with Crippen molar-refractivity contribution in [3.05, 3.63) is 23.8 Å². The number of rotatable bonds is 3. The maximum absolute atomic E-state index is 12.9. The molecule has 0 spiro atoms. The molecule has 3 N–H and O–H groups in total. The molecule has 0 bridgehead atoms. The van der Waals surface area contributed by atoms with Crippen LogP contribution in [0.15, 0.2) is 17.3 Å². The second-order valence-electron chi connectivity index (χ2n) is 3.08. The van der Waals surface area contributed by atoms with Crippen LogP contribution in [0.5, 0.6) is 0 Å². The largest absolute Gasteiger partial charge is 0.393 e. The van der Waals surface area contributed by atoms with Crippen LogP contribution in [-0.2, 0) is 0 Å². The molecule has 0 fully saturated rings. The van der Waals surface area contributed by atoms with E-state index in [0.717, 1.165) is 12.1 Å². The van der Waals surface area contributed by atoms with Gasteiger partial charge in [0.05, 0.1) is 21.8 Å². The summed E-state index contributed by atoms with van der Waals surface area (Å²) in [7, 11) is 0. The minimum Gasteiger partial charge on any atom is -0.393 e. The highest BCUT2D eigenvalue weighted by Gasteiger charge is 2.08. The Morgan fingerprint density at radius 1 is 1.44 bits per heavy atom. The number of aromatic nitrogens is 2. The Labute approximate surface area is 99.4 Å². The molecule has 0 aliphatic heterocycles. The van der Waals surface area contributed by atoms with Gasteiger partial charge in [-0.3, -0.25) is 0 Å². The highest BCUT2D eigenvalue weighted by molar-refractivity contribution is 8.00. The SMILES string of the molecule is NC(=S)CSc1nc2cc(F)c(F)cc2[nH]1. The Bertz CT molecular complexity index is 514. The van der Waals surface area contributed by atoms with Gasteiger partial charge in [-0.2, -0.15) is 0 Å². The Kier molecular flexibility index (Phi) is 3.06. The van der Waals surface area contributed by atoms with Crippen molar-refractivity contribution in [2.75, 3.05) is 5.75 Å². The molecule has 2 rings (SSSR count). The Hall–Kier alpha value is -1.21. The predicted octanol–water partition coefficient (Wildman–Crippen LogP) is 2.22. The van der Waals surface area contributed by atoms with E-state index in [0.29, 0.717) is 26.9 Å². The minimum absolute atomic E-state index is 0.350. The quantitative estimate of drug-likeness (QED) is 0.655. The van der Waals surface area contributed by atoms with E-state index >= 15 is 0 Å². The third-order valence-corrected chi connectivity index (χ3v) is 3.10. The summed E-state index contributed by atoms with van der Waals surface area (Å²) >= 11 is 6.00. The van der Waals surface area contributed by atoms with Crippen LogP contribution >= 0.6 is 24.0 Å². The fourth-order valence-electron chi connectivity index (χ4n) is 1.19. The van der Waals surface area contributed by atoms with Crippen molar-refractivity contribution in [2.24, 2.45) is 5.73 Å². The van der Waals surface area contributed by atoms with Crippen molar-refractivity contribution in [3.63, 3.8) is 0 Å². The van der Waals surface area contributed by atoms with Crippen LogP contribution in [0.4, 0.5) is 8.78 Å². The molecule has 0 saturated carbocycles. The lowest BCUT2D eigenvalue weighted by molar-refractivity contribution is 0.510. The van der Waals surface area contributed by atoms with E-state index in [-0.39, 0.29) is 0 Å². The summed E-state index contributed by atoms with van der Waals surface area (Å²) in [6.45, 7) is 0. The van der Waals surface area contributed by atoms with E-state index in [4.69, 9.17) is 18.0 Å². The summed E-state index contributed by atoms with van der Waals surface area (Å²) in [4.78, 5) is 7.27. The number of nitrogens with zero attached hydrogens (tertiary/aromatic N) is 1. The zero-order chi connectivity index (χ0) is 11.7. The zero-order valence-electron chi connectivity index (χ0n) is 7.96. The molecule has 3 nitrogen and oxygen atoms in total. The highest BCUT2D eigenvalue weighted by atomic mass is 32.2. The average Bonchev–Trinajstić information content (AvgIpc) is 2.58. The van der Waals surface area contributed by atoms with Gasteiger partial charge in [0.25, 0.3) is 0 Å². The summed E-state index contributed by atoms with van der Waals surface area (Å²) < 4.78 is 25.8. The van der Waals surface area contributed by atoms with Crippen LogP contribution in [0.25, 0.3) is 11.0 Å². The number of halogens is 2. The number of nitrogens with one attached hydrogen (secondary N) is 1. The van der Waals surface area contributed by atoms with Gasteiger partial charge in [-0.1, -0.05) is 24.0 Å². The van der Waals surface area contributed by atoms with E-state index in [1.807, 2.05) is 0 Å². The first-order chi connectivity index (χ1) is 7.56. The molecule has 1 aromatic heterocycles.